The lowest BCUT2D eigenvalue weighted by Gasteiger charge is -2.08. The Morgan fingerprint density at radius 2 is 1.90 bits per heavy atom. The number of nitrogens with one attached hydrogen (secondary N) is 1. The number of carbonyl (C=O) groups excluding carboxylic acids is 1. The Bertz CT molecular complexity index is 1220. The Hall–Kier alpha value is -3.36. The molecule has 0 saturated heterocycles. The fraction of sp³-hybridized carbons (Fsp3) is 0.143. The lowest BCUT2D eigenvalue weighted by atomic mass is 10.2. The van der Waals surface area contributed by atoms with E-state index in [4.69, 9.17) is 27.9 Å². The van der Waals surface area contributed by atoms with Gasteiger partial charge in [0.25, 0.3) is 5.91 Å². The van der Waals surface area contributed by atoms with E-state index in [1.165, 1.54) is 11.0 Å². The van der Waals surface area contributed by atoms with E-state index in [9.17, 15) is 4.79 Å². The highest BCUT2D eigenvalue weighted by Crippen LogP contribution is 2.25. The third kappa shape index (κ3) is 5.22. The summed E-state index contributed by atoms with van der Waals surface area (Å²) in [6.07, 6.45) is 3.17. The van der Waals surface area contributed by atoms with Crippen LogP contribution in [0.4, 0.5) is 5.95 Å². The number of nitrogens with zero attached hydrogens (tertiary/aromatic N) is 5. The Morgan fingerprint density at radius 1 is 1.06 bits per heavy atom. The van der Waals surface area contributed by atoms with Gasteiger partial charge in [0.05, 0.1) is 11.6 Å². The third-order valence-corrected chi connectivity index (χ3v) is 5.05. The van der Waals surface area contributed by atoms with Gasteiger partial charge in [0, 0.05) is 11.2 Å². The molecule has 2 aromatic carbocycles. The smallest absolute Gasteiger partial charge is 0.278 e. The first-order valence-electron chi connectivity index (χ1n) is 9.34. The molecule has 0 radical (unpaired) electrons. The maximum Gasteiger partial charge on any atom is 0.278 e. The second-order valence-corrected chi connectivity index (χ2v) is 7.57. The molecule has 0 unspecified atom stereocenters. The number of rotatable bonds is 7. The Kier molecular flexibility index (Phi) is 6.20. The molecule has 0 saturated carbocycles. The lowest BCUT2D eigenvalue weighted by molar-refractivity contribution is 0.101. The van der Waals surface area contributed by atoms with Gasteiger partial charge in [0.2, 0.25) is 5.95 Å². The van der Waals surface area contributed by atoms with Crippen LogP contribution in [-0.2, 0) is 13.3 Å². The van der Waals surface area contributed by atoms with E-state index in [0.717, 1.165) is 11.1 Å². The van der Waals surface area contributed by atoms with E-state index in [2.05, 4.69) is 20.5 Å². The van der Waals surface area contributed by atoms with Gasteiger partial charge in [-0.05, 0) is 42.3 Å². The van der Waals surface area contributed by atoms with Gasteiger partial charge in [0.15, 0.2) is 12.4 Å². The number of ether oxygens (including phenoxy) is 1. The van der Waals surface area contributed by atoms with E-state index in [1.807, 2.05) is 43.3 Å². The minimum Gasteiger partial charge on any atom is -0.470 e. The summed E-state index contributed by atoms with van der Waals surface area (Å²) in [6, 6.07) is 14.6. The number of amides is 1. The summed E-state index contributed by atoms with van der Waals surface area (Å²) in [4.78, 5) is 16.6. The Balaban J connectivity index is 1.35. The summed E-state index contributed by atoms with van der Waals surface area (Å²) in [5.74, 6) is 0.300. The number of halogens is 2. The zero-order valence-corrected chi connectivity index (χ0v) is 18.0. The molecule has 0 aliphatic carbocycles. The van der Waals surface area contributed by atoms with E-state index in [-0.39, 0.29) is 18.4 Å². The molecule has 158 valence electrons. The topological polar surface area (TPSA) is 86.9 Å². The van der Waals surface area contributed by atoms with Crippen molar-refractivity contribution in [3.05, 3.63) is 87.9 Å². The van der Waals surface area contributed by atoms with Crippen molar-refractivity contribution >= 4 is 35.1 Å². The second-order valence-electron chi connectivity index (χ2n) is 6.76. The molecule has 4 rings (SSSR count). The number of hydrogen-bond donors (Lipinski definition) is 1. The van der Waals surface area contributed by atoms with Crippen molar-refractivity contribution in [2.75, 3.05) is 5.32 Å². The van der Waals surface area contributed by atoms with Crippen molar-refractivity contribution in [2.24, 2.45) is 0 Å². The van der Waals surface area contributed by atoms with Gasteiger partial charge in [-0.2, -0.15) is 5.10 Å². The molecule has 0 atom stereocenters. The van der Waals surface area contributed by atoms with E-state index in [1.54, 1.807) is 23.0 Å². The van der Waals surface area contributed by atoms with Gasteiger partial charge in [-0.3, -0.25) is 10.1 Å². The third-order valence-electron chi connectivity index (χ3n) is 4.36. The summed E-state index contributed by atoms with van der Waals surface area (Å²) in [5, 5.41) is 12.3. The van der Waals surface area contributed by atoms with Gasteiger partial charge in [0.1, 0.15) is 12.1 Å². The first kappa shape index (κ1) is 20.9. The number of aromatic nitrogens is 5. The van der Waals surface area contributed by atoms with Crippen LogP contribution in [0.15, 0.2) is 61.1 Å². The maximum atomic E-state index is 12.5. The minimum absolute atomic E-state index is 0.112. The molecule has 2 aromatic heterocycles. The zero-order chi connectivity index (χ0) is 21.8. The van der Waals surface area contributed by atoms with Crippen molar-refractivity contribution in [2.45, 2.75) is 20.2 Å². The van der Waals surface area contributed by atoms with Gasteiger partial charge < -0.3 is 4.74 Å². The average molecular weight is 457 g/mol. The number of anilines is 1. The molecule has 0 aliphatic heterocycles. The van der Waals surface area contributed by atoms with Crippen LogP contribution < -0.4 is 10.1 Å². The highest BCUT2D eigenvalue weighted by atomic mass is 35.5. The number of carbonyl (C=O) groups is 1. The number of hydrogen-bond acceptors (Lipinski definition) is 5. The van der Waals surface area contributed by atoms with E-state index >= 15 is 0 Å². The summed E-state index contributed by atoms with van der Waals surface area (Å²) >= 11 is 12.3. The highest BCUT2D eigenvalue weighted by Gasteiger charge is 2.13. The van der Waals surface area contributed by atoms with Crippen LogP contribution in [0.5, 0.6) is 5.75 Å². The van der Waals surface area contributed by atoms with Crippen LogP contribution in [0.25, 0.3) is 0 Å². The molecule has 0 spiro atoms. The fourth-order valence-corrected chi connectivity index (χ4v) is 3.17. The van der Waals surface area contributed by atoms with Gasteiger partial charge in [-0.15, -0.1) is 5.10 Å². The Morgan fingerprint density at radius 3 is 2.74 bits per heavy atom. The molecule has 1 N–H and O–H groups in total. The summed E-state index contributed by atoms with van der Waals surface area (Å²) in [5.41, 5.74) is 2.14. The summed E-state index contributed by atoms with van der Waals surface area (Å²) in [7, 11) is 0. The van der Waals surface area contributed by atoms with Gasteiger partial charge >= 0.3 is 0 Å². The highest BCUT2D eigenvalue weighted by molar-refractivity contribution is 6.32. The van der Waals surface area contributed by atoms with Crippen LogP contribution >= 0.6 is 23.2 Å². The largest absolute Gasteiger partial charge is 0.470 e. The molecule has 0 bridgehead atoms. The summed E-state index contributed by atoms with van der Waals surface area (Å²) in [6.45, 7) is 2.50. The van der Waals surface area contributed by atoms with Crippen molar-refractivity contribution in [1.29, 1.82) is 0 Å². The van der Waals surface area contributed by atoms with Crippen molar-refractivity contribution in [1.82, 2.24) is 24.5 Å². The van der Waals surface area contributed by atoms with E-state index < -0.39 is 5.91 Å². The minimum atomic E-state index is -0.428. The van der Waals surface area contributed by atoms with Crippen molar-refractivity contribution in [3.63, 3.8) is 0 Å². The molecule has 0 aliphatic rings. The zero-order valence-electron chi connectivity index (χ0n) is 16.5. The van der Waals surface area contributed by atoms with Crippen molar-refractivity contribution in [3.8, 4) is 5.75 Å². The summed E-state index contributed by atoms with van der Waals surface area (Å²) < 4.78 is 8.77. The molecule has 1 amide bonds. The maximum absolute atomic E-state index is 12.5. The molecular formula is C21H18Cl2N6O2. The molecule has 10 heteroatoms. The van der Waals surface area contributed by atoms with E-state index in [0.29, 0.717) is 22.3 Å². The van der Waals surface area contributed by atoms with Crippen molar-refractivity contribution < 1.29 is 9.53 Å². The predicted octanol–water partition coefficient (Wildman–Crippen LogP) is 4.43. The van der Waals surface area contributed by atoms with Gasteiger partial charge in [-0.1, -0.05) is 47.5 Å². The first-order chi connectivity index (χ1) is 15.0. The number of aryl methyl sites for hydroxylation is 1. The molecule has 31 heavy (non-hydrogen) atoms. The van der Waals surface area contributed by atoms with Gasteiger partial charge in [-0.25, -0.2) is 14.3 Å². The molecule has 2 heterocycles. The van der Waals surface area contributed by atoms with Crippen LogP contribution in [0, 0.1) is 6.92 Å². The van der Waals surface area contributed by atoms with Crippen LogP contribution in [0.3, 0.4) is 0 Å². The molecule has 8 nitrogen and oxygen atoms in total. The average Bonchev–Trinajstić information content (AvgIpc) is 3.40. The number of benzene rings is 2. The monoisotopic (exact) mass is 456 g/mol. The van der Waals surface area contributed by atoms with Crippen LogP contribution in [0.2, 0.25) is 10.0 Å². The first-order valence-corrected chi connectivity index (χ1v) is 10.1. The molecule has 4 aromatic rings. The molecular weight excluding hydrogens is 439 g/mol. The normalized spacial score (nSPS) is 10.8. The standard InChI is InChI=1S/C21H18Cl2N6O2/c1-14-6-7-17(23)19(10-14)31-13-28-9-8-18(26-28)20(30)25-21-24-12-29(27-21)11-15-4-2-3-5-16(15)22/h2-10,12H,11,13H2,1H3,(H,25,27,30). The second kappa shape index (κ2) is 9.20. The van der Waals surface area contributed by atoms with Crippen LogP contribution in [0.1, 0.15) is 21.6 Å². The molecule has 0 fully saturated rings. The fourth-order valence-electron chi connectivity index (χ4n) is 2.81. The van der Waals surface area contributed by atoms with Crippen LogP contribution in [-0.4, -0.2) is 30.5 Å². The Labute approximate surface area is 188 Å². The SMILES string of the molecule is Cc1ccc(Cl)c(OCn2ccc(C(=O)Nc3ncn(Cc4ccccc4Cl)n3)n2)c1. The predicted molar refractivity (Wildman–Crippen MR) is 118 cm³/mol. The lowest BCUT2D eigenvalue weighted by Crippen LogP contribution is -2.15. The quantitative estimate of drug-likeness (QED) is 0.444.